The third kappa shape index (κ3) is 3.37. The van der Waals surface area contributed by atoms with Gasteiger partial charge in [-0.1, -0.05) is 20.8 Å². The third-order valence-corrected chi connectivity index (χ3v) is 2.89. The van der Waals surface area contributed by atoms with Gasteiger partial charge in [0.1, 0.15) is 0 Å². The zero-order valence-electron chi connectivity index (χ0n) is 10.5. The maximum atomic E-state index is 10.9. The Balaban J connectivity index is 2.96. The van der Waals surface area contributed by atoms with Crippen molar-refractivity contribution in [2.24, 2.45) is 5.92 Å². The molecule has 0 fully saturated rings. The van der Waals surface area contributed by atoms with Gasteiger partial charge < -0.3 is 16.2 Å². The Kier molecular flexibility index (Phi) is 4.37. The smallest absolute Gasteiger partial charge is 0.335 e. The first kappa shape index (κ1) is 13.4. The van der Waals surface area contributed by atoms with Gasteiger partial charge in [-0.05, 0) is 30.5 Å². The molecule has 0 saturated carbocycles. The Hall–Kier alpha value is -1.71. The Morgan fingerprint density at radius 1 is 1.47 bits per heavy atom. The van der Waals surface area contributed by atoms with Gasteiger partial charge in [0.25, 0.3) is 0 Å². The molecule has 1 aromatic rings. The van der Waals surface area contributed by atoms with Gasteiger partial charge in [0, 0.05) is 6.04 Å². The summed E-state index contributed by atoms with van der Waals surface area (Å²) in [6.07, 6.45) is 0.967. The molecule has 17 heavy (non-hydrogen) atoms. The molecule has 0 aliphatic heterocycles. The summed E-state index contributed by atoms with van der Waals surface area (Å²) in [5.74, 6) is -0.474. The number of carboxylic acid groups (broad SMARTS) is 1. The van der Waals surface area contributed by atoms with E-state index in [2.05, 4.69) is 26.1 Å². The first-order valence-corrected chi connectivity index (χ1v) is 5.85. The molecule has 0 heterocycles. The predicted molar refractivity (Wildman–Crippen MR) is 70.4 cm³/mol. The van der Waals surface area contributed by atoms with Gasteiger partial charge in [-0.3, -0.25) is 0 Å². The number of anilines is 2. The van der Waals surface area contributed by atoms with Crippen LogP contribution in [-0.2, 0) is 0 Å². The van der Waals surface area contributed by atoms with E-state index in [1.54, 1.807) is 12.1 Å². The zero-order chi connectivity index (χ0) is 13.0. The van der Waals surface area contributed by atoms with Crippen LogP contribution >= 0.6 is 0 Å². The van der Waals surface area contributed by atoms with E-state index in [0.717, 1.165) is 6.42 Å². The summed E-state index contributed by atoms with van der Waals surface area (Å²) in [7, 11) is 0. The van der Waals surface area contributed by atoms with E-state index >= 15 is 0 Å². The molecule has 0 aromatic heterocycles. The molecule has 0 aliphatic carbocycles. The minimum absolute atomic E-state index is 0.250. The highest BCUT2D eigenvalue weighted by Gasteiger charge is 2.13. The summed E-state index contributed by atoms with van der Waals surface area (Å²) in [5.41, 5.74) is 7.36. The lowest BCUT2D eigenvalue weighted by atomic mass is 10.0. The summed E-state index contributed by atoms with van der Waals surface area (Å²) >= 11 is 0. The highest BCUT2D eigenvalue weighted by Crippen LogP contribution is 2.23. The quantitative estimate of drug-likeness (QED) is 0.687. The van der Waals surface area contributed by atoms with Crippen molar-refractivity contribution < 1.29 is 9.90 Å². The van der Waals surface area contributed by atoms with Crippen LogP contribution in [0.25, 0.3) is 0 Å². The van der Waals surface area contributed by atoms with E-state index < -0.39 is 5.97 Å². The van der Waals surface area contributed by atoms with Crippen molar-refractivity contribution in [3.8, 4) is 0 Å². The third-order valence-electron chi connectivity index (χ3n) is 2.89. The van der Waals surface area contributed by atoms with Crippen LogP contribution in [0, 0.1) is 5.92 Å². The van der Waals surface area contributed by atoms with E-state index in [1.165, 1.54) is 6.07 Å². The molecule has 1 aromatic carbocycles. The van der Waals surface area contributed by atoms with Gasteiger partial charge in [-0.2, -0.15) is 0 Å². The lowest BCUT2D eigenvalue weighted by Gasteiger charge is -2.23. The van der Waals surface area contributed by atoms with Gasteiger partial charge >= 0.3 is 5.97 Å². The first-order valence-electron chi connectivity index (χ1n) is 5.85. The number of nitrogens with one attached hydrogen (secondary N) is 1. The van der Waals surface area contributed by atoms with Crippen molar-refractivity contribution >= 4 is 17.3 Å². The summed E-state index contributed by atoms with van der Waals surface area (Å²) in [4.78, 5) is 10.9. The largest absolute Gasteiger partial charge is 0.478 e. The molecular formula is C13H20N2O2. The lowest BCUT2D eigenvalue weighted by Crippen LogP contribution is -2.25. The summed E-state index contributed by atoms with van der Waals surface area (Å²) in [6, 6.07) is 5.02. The van der Waals surface area contributed by atoms with Crippen LogP contribution in [0.15, 0.2) is 18.2 Å². The molecular weight excluding hydrogens is 216 g/mol. The number of carbonyl (C=O) groups is 1. The van der Waals surface area contributed by atoms with Crippen molar-refractivity contribution in [2.75, 3.05) is 11.1 Å². The fourth-order valence-electron chi connectivity index (χ4n) is 1.75. The average molecular weight is 236 g/mol. The Morgan fingerprint density at radius 2 is 2.12 bits per heavy atom. The van der Waals surface area contributed by atoms with Crippen LogP contribution in [0.5, 0.6) is 0 Å². The van der Waals surface area contributed by atoms with E-state index in [4.69, 9.17) is 10.8 Å². The average Bonchev–Trinajstić information content (AvgIpc) is 2.27. The van der Waals surface area contributed by atoms with Crippen LogP contribution in [-0.4, -0.2) is 17.1 Å². The van der Waals surface area contributed by atoms with Crippen molar-refractivity contribution in [3.63, 3.8) is 0 Å². The molecule has 0 spiro atoms. The zero-order valence-corrected chi connectivity index (χ0v) is 10.5. The van der Waals surface area contributed by atoms with E-state index in [9.17, 15) is 4.79 Å². The second-order valence-electron chi connectivity index (χ2n) is 4.51. The van der Waals surface area contributed by atoms with Gasteiger partial charge in [-0.15, -0.1) is 0 Å². The maximum absolute atomic E-state index is 10.9. The minimum Gasteiger partial charge on any atom is -0.478 e. The van der Waals surface area contributed by atoms with E-state index in [1.807, 2.05) is 0 Å². The molecule has 1 rings (SSSR count). The predicted octanol–water partition coefficient (Wildman–Crippen LogP) is 2.81. The molecule has 4 N–H and O–H groups in total. The summed E-state index contributed by atoms with van der Waals surface area (Å²) in [5, 5.41) is 12.2. The van der Waals surface area contributed by atoms with E-state index in [0.29, 0.717) is 23.3 Å². The van der Waals surface area contributed by atoms with Crippen molar-refractivity contribution in [1.29, 1.82) is 0 Å². The molecule has 94 valence electrons. The van der Waals surface area contributed by atoms with Gasteiger partial charge in [0.15, 0.2) is 0 Å². The molecule has 4 nitrogen and oxygen atoms in total. The number of carboxylic acids is 1. The standard InChI is InChI=1S/C13H20N2O2/c1-4-11(8(2)3)15-12-7-9(13(16)17)5-6-10(12)14/h5-8,11,15H,4,14H2,1-3H3,(H,16,17). The SMILES string of the molecule is CCC(Nc1cc(C(=O)O)ccc1N)C(C)C. The molecule has 0 saturated heterocycles. The molecule has 0 aliphatic rings. The lowest BCUT2D eigenvalue weighted by molar-refractivity contribution is 0.0697. The molecule has 0 radical (unpaired) electrons. The number of hydrogen-bond donors (Lipinski definition) is 3. The topological polar surface area (TPSA) is 75.3 Å². The van der Waals surface area contributed by atoms with Crippen LogP contribution in [0.1, 0.15) is 37.6 Å². The minimum atomic E-state index is -0.939. The van der Waals surface area contributed by atoms with Crippen molar-refractivity contribution in [2.45, 2.75) is 33.2 Å². The molecule has 4 heteroatoms. The van der Waals surface area contributed by atoms with Gasteiger partial charge in [-0.25, -0.2) is 4.79 Å². The van der Waals surface area contributed by atoms with Crippen molar-refractivity contribution in [1.82, 2.24) is 0 Å². The molecule has 0 bridgehead atoms. The Morgan fingerprint density at radius 3 is 2.59 bits per heavy atom. The number of aromatic carboxylic acids is 1. The number of hydrogen-bond acceptors (Lipinski definition) is 3. The second kappa shape index (κ2) is 5.57. The normalized spacial score (nSPS) is 12.5. The molecule has 0 amide bonds. The fraction of sp³-hybridized carbons (Fsp3) is 0.462. The maximum Gasteiger partial charge on any atom is 0.335 e. The molecule has 1 unspecified atom stereocenters. The summed E-state index contributed by atoms with van der Waals surface area (Å²) < 4.78 is 0. The van der Waals surface area contributed by atoms with Crippen molar-refractivity contribution in [3.05, 3.63) is 23.8 Å². The fourth-order valence-corrected chi connectivity index (χ4v) is 1.75. The van der Waals surface area contributed by atoms with Crippen LogP contribution in [0.2, 0.25) is 0 Å². The highest BCUT2D eigenvalue weighted by molar-refractivity contribution is 5.90. The van der Waals surface area contributed by atoms with Gasteiger partial charge in [0.05, 0.1) is 16.9 Å². The Bertz CT molecular complexity index is 402. The van der Waals surface area contributed by atoms with Gasteiger partial charge in [0.2, 0.25) is 0 Å². The number of benzene rings is 1. The number of nitrogens with two attached hydrogens (primary N) is 1. The number of rotatable bonds is 5. The second-order valence-corrected chi connectivity index (χ2v) is 4.51. The van der Waals surface area contributed by atoms with Crippen LogP contribution < -0.4 is 11.1 Å². The summed E-state index contributed by atoms with van der Waals surface area (Å²) in [6.45, 7) is 6.34. The van der Waals surface area contributed by atoms with Crippen LogP contribution in [0.3, 0.4) is 0 Å². The van der Waals surface area contributed by atoms with E-state index in [-0.39, 0.29) is 5.56 Å². The number of nitrogen functional groups attached to an aromatic ring is 1. The molecule has 1 atom stereocenters. The Labute approximate surface area is 102 Å². The monoisotopic (exact) mass is 236 g/mol. The first-order chi connectivity index (χ1) is 7.95. The van der Waals surface area contributed by atoms with Crippen LogP contribution in [0.4, 0.5) is 11.4 Å². The highest BCUT2D eigenvalue weighted by atomic mass is 16.4.